The van der Waals surface area contributed by atoms with Gasteiger partial charge >= 0.3 is 0 Å². The molecule has 3 amide bonds. The number of nitrogens with one attached hydrogen (secondary N) is 2. The highest BCUT2D eigenvalue weighted by molar-refractivity contribution is 6.07. The fraction of sp³-hybridized carbons (Fsp3) is 0.160. The van der Waals surface area contributed by atoms with Gasteiger partial charge in [-0.05, 0) is 61.4 Å². The van der Waals surface area contributed by atoms with Crippen LogP contribution in [0.2, 0.25) is 0 Å². The molecule has 1 atom stereocenters. The van der Waals surface area contributed by atoms with Gasteiger partial charge in [0.05, 0.1) is 0 Å². The summed E-state index contributed by atoms with van der Waals surface area (Å²) in [5, 5.41) is 5.45. The van der Waals surface area contributed by atoms with E-state index in [4.69, 9.17) is 0 Å². The van der Waals surface area contributed by atoms with E-state index in [0.29, 0.717) is 23.4 Å². The van der Waals surface area contributed by atoms with Crippen LogP contribution in [0.25, 0.3) is 0 Å². The van der Waals surface area contributed by atoms with Crippen molar-refractivity contribution < 1.29 is 14.4 Å². The molecule has 2 N–H and O–H groups in total. The standard InChI is InChI=1S/C25H23N3O3/c1-17(26-24(30)19-8-3-2-4-9-19)23(29)27-21-13-11-20(12-14-21)25(31)28-16-15-18-7-5-6-10-22(18)28/h2-14,17H,15-16H2,1H3,(H,26,30)(H,27,29). The maximum atomic E-state index is 12.9. The number of fused-ring (bicyclic) bond motifs is 1. The first kappa shape index (κ1) is 20.3. The van der Waals surface area contributed by atoms with Gasteiger partial charge in [-0.3, -0.25) is 14.4 Å². The normalized spacial score (nSPS) is 13.3. The summed E-state index contributed by atoms with van der Waals surface area (Å²) in [6.45, 7) is 2.29. The quantitative estimate of drug-likeness (QED) is 0.670. The topological polar surface area (TPSA) is 78.5 Å². The van der Waals surface area contributed by atoms with Crippen molar-refractivity contribution in [2.24, 2.45) is 0 Å². The van der Waals surface area contributed by atoms with Gasteiger partial charge in [-0.25, -0.2) is 0 Å². The molecule has 6 heteroatoms. The third-order valence-corrected chi connectivity index (χ3v) is 5.31. The Morgan fingerprint density at radius 3 is 2.26 bits per heavy atom. The molecule has 1 aliphatic heterocycles. The van der Waals surface area contributed by atoms with E-state index in [0.717, 1.165) is 12.1 Å². The first-order valence-corrected chi connectivity index (χ1v) is 10.2. The number of rotatable bonds is 5. The molecule has 3 aromatic rings. The molecule has 1 heterocycles. The van der Waals surface area contributed by atoms with Crippen molar-refractivity contribution in [2.45, 2.75) is 19.4 Å². The van der Waals surface area contributed by atoms with E-state index in [1.165, 1.54) is 5.56 Å². The molecule has 0 aliphatic carbocycles. The van der Waals surface area contributed by atoms with Crippen LogP contribution in [0.15, 0.2) is 78.9 Å². The Kier molecular flexibility index (Phi) is 5.80. The minimum absolute atomic E-state index is 0.0636. The van der Waals surface area contributed by atoms with Crippen LogP contribution in [0.1, 0.15) is 33.2 Å². The highest BCUT2D eigenvalue weighted by Crippen LogP contribution is 2.29. The minimum Gasteiger partial charge on any atom is -0.341 e. The number of benzene rings is 3. The summed E-state index contributed by atoms with van der Waals surface area (Å²) in [7, 11) is 0. The van der Waals surface area contributed by atoms with Crippen molar-refractivity contribution in [1.29, 1.82) is 0 Å². The first-order valence-electron chi connectivity index (χ1n) is 10.2. The van der Waals surface area contributed by atoms with E-state index in [1.807, 2.05) is 30.3 Å². The number of amides is 3. The number of hydrogen-bond donors (Lipinski definition) is 2. The Bertz CT molecular complexity index is 1110. The van der Waals surface area contributed by atoms with Gasteiger partial charge < -0.3 is 15.5 Å². The second-order valence-electron chi connectivity index (χ2n) is 7.46. The van der Waals surface area contributed by atoms with Crippen LogP contribution in [0.3, 0.4) is 0 Å². The molecule has 0 spiro atoms. The smallest absolute Gasteiger partial charge is 0.258 e. The fourth-order valence-electron chi connectivity index (χ4n) is 3.59. The van der Waals surface area contributed by atoms with E-state index in [-0.39, 0.29) is 17.7 Å². The zero-order valence-electron chi connectivity index (χ0n) is 17.2. The van der Waals surface area contributed by atoms with Crippen molar-refractivity contribution in [3.05, 3.63) is 95.6 Å². The van der Waals surface area contributed by atoms with E-state index >= 15 is 0 Å². The Balaban J connectivity index is 1.37. The maximum Gasteiger partial charge on any atom is 0.258 e. The lowest BCUT2D eigenvalue weighted by Crippen LogP contribution is -2.41. The summed E-state index contributed by atoms with van der Waals surface area (Å²) in [4.78, 5) is 39.3. The van der Waals surface area contributed by atoms with Crippen LogP contribution in [0.5, 0.6) is 0 Å². The summed E-state index contributed by atoms with van der Waals surface area (Å²) in [6.07, 6.45) is 0.850. The molecule has 0 saturated heterocycles. The molecular weight excluding hydrogens is 390 g/mol. The minimum atomic E-state index is -0.713. The fourth-order valence-corrected chi connectivity index (χ4v) is 3.59. The number of carbonyl (C=O) groups excluding carboxylic acids is 3. The Morgan fingerprint density at radius 1 is 0.839 bits per heavy atom. The van der Waals surface area contributed by atoms with Gasteiger partial charge in [0.15, 0.2) is 0 Å². The van der Waals surface area contributed by atoms with Crippen LogP contribution in [0, 0.1) is 0 Å². The molecule has 1 unspecified atom stereocenters. The molecule has 3 aromatic carbocycles. The van der Waals surface area contributed by atoms with Crippen molar-refractivity contribution in [2.75, 3.05) is 16.8 Å². The zero-order valence-corrected chi connectivity index (χ0v) is 17.2. The lowest BCUT2D eigenvalue weighted by Gasteiger charge is -2.18. The molecule has 0 saturated carbocycles. The lowest BCUT2D eigenvalue weighted by atomic mass is 10.1. The largest absolute Gasteiger partial charge is 0.341 e. The van der Waals surface area contributed by atoms with Crippen molar-refractivity contribution >= 4 is 29.1 Å². The van der Waals surface area contributed by atoms with Gasteiger partial charge in [0.25, 0.3) is 11.8 Å². The molecule has 156 valence electrons. The van der Waals surface area contributed by atoms with Gasteiger partial charge in [-0.2, -0.15) is 0 Å². The monoisotopic (exact) mass is 413 g/mol. The summed E-state index contributed by atoms with van der Waals surface area (Å²) in [5.41, 5.74) is 3.73. The second kappa shape index (κ2) is 8.83. The third kappa shape index (κ3) is 4.48. The Labute approximate surface area is 180 Å². The van der Waals surface area contributed by atoms with Crippen LogP contribution >= 0.6 is 0 Å². The second-order valence-corrected chi connectivity index (χ2v) is 7.46. The Hall–Kier alpha value is -3.93. The number of hydrogen-bond acceptors (Lipinski definition) is 3. The number of anilines is 2. The van der Waals surface area contributed by atoms with Crippen LogP contribution in [-0.2, 0) is 11.2 Å². The zero-order chi connectivity index (χ0) is 21.8. The highest BCUT2D eigenvalue weighted by atomic mass is 16.2. The van der Waals surface area contributed by atoms with E-state index in [9.17, 15) is 14.4 Å². The van der Waals surface area contributed by atoms with Crippen molar-refractivity contribution in [1.82, 2.24) is 5.32 Å². The average molecular weight is 413 g/mol. The van der Waals surface area contributed by atoms with E-state index in [2.05, 4.69) is 10.6 Å². The summed E-state index contributed by atoms with van der Waals surface area (Å²) >= 11 is 0. The highest BCUT2D eigenvalue weighted by Gasteiger charge is 2.25. The lowest BCUT2D eigenvalue weighted by molar-refractivity contribution is -0.117. The van der Waals surface area contributed by atoms with Gasteiger partial charge in [-0.1, -0.05) is 36.4 Å². The summed E-state index contributed by atoms with van der Waals surface area (Å²) in [5.74, 6) is -0.710. The van der Waals surface area contributed by atoms with Gasteiger partial charge in [-0.15, -0.1) is 0 Å². The van der Waals surface area contributed by atoms with Crippen molar-refractivity contribution in [3.8, 4) is 0 Å². The number of nitrogens with zero attached hydrogens (tertiary/aromatic N) is 1. The Morgan fingerprint density at radius 2 is 1.52 bits per heavy atom. The molecule has 0 radical (unpaired) electrons. The van der Waals surface area contributed by atoms with Crippen LogP contribution < -0.4 is 15.5 Å². The number of para-hydroxylation sites is 1. The predicted molar refractivity (Wildman–Crippen MR) is 120 cm³/mol. The molecular formula is C25H23N3O3. The van der Waals surface area contributed by atoms with Crippen molar-refractivity contribution in [3.63, 3.8) is 0 Å². The summed E-state index contributed by atoms with van der Waals surface area (Å²) in [6, 6.07) is 22.7. The third-order valence-electron chi connectivity index (χ3n) is 5.31. The molecule has 4 rings (SSSR count). The average Bonchev–Trinajstić information content (AvgIpc) is 3.24. The van der Waals surface area contributed by atoms with Crippen LogP contribution in [0.4, 0.5) is 11.4 Å². The van der Waals surface area contributed by atoms with Crippen LogP contribution in [-0.4, -0.2) is 30.3 Å². The van der Waals surface area contributed by atoms with Gasteiger partial charge in [0, 0.05) is 29.0 Å². The van der Waals surface area contributed by atoms with Gasteiger partial charge in [0.1, 0.15) is 6.04 Å². The number of carbonyl (C=O) groups is 3. The van der Waals surface area contributed by atoms with E-state index in [1.54, 1.807) is 60.4 Å². The predicted octanol–water partition coefficient (Wildman–Crippen LogP) is 3.65. The molecule has 0 bridgehead atoms. The molecule has 0 aromatic heterocycles. The molecule has 0 fully saturated rings. The molecule has 1 aliphatic rings. The first-order chi connectivity index (χ1) is 15.0. The van der Waals surface area contributed by atoms with E-state index < -0.39 is 6.04 Å². The summed E-state index contributed by atoms with van der Waals surface area (Å²) < 4.78 is 0. The SMILES string of the molecule is CC(NC(=O)c1ccccc1)C(=O)Nc1ccc(C(=O)N2CCc3ccccc32)cc1. The molecule has 31 heavy (non-hydrogen) atoms. The molecule has 6 nitrogen and oxygen atoms in total. The maximum absolute atomic E-state index is 12.9. The van der Waals surface area contributed by atoms with Gasteiger partial charge in [0.2, 0.25) is 5.91 Å².